The number of hydrogen-bond donors (Lipinski definition) is 1. The minimum absolute atomic E-state index is 0.0960. The summed E-state index contributed by atoms with van der Waals surface area (Å²) >= 11 is 7.31. The maximum absolute atomic E-state index is 13.0. The number of ether oxygens (including phenoxy) is 1. The van der Waals surface area contributed by atoms with Crippen LogP contribution in [0.3, 0.4) is 0 Å². The molecule has 0 aliphatic carbocycles. The predicted molar refractivity (Wildman–Crippen MR) is 154 cm³/mol. The highest BCUT2D eigenvalue weighted by atomic mass is 35.5. The van der Waals surface area contributed by atoms with Gasteiger partial charge in [0.25, 0.3) is 5.91 Å². The molecular formula is C28H21ClN4O4S2. The Labute approximate surface area is 233 Å². The van der Waals surface area contributed by atoms with Crippen molar-refractivity contribution in [1.29, 1.82) is 5.26 Å². The molecule has 0 fully saturated rings. The number of rotatable bonds is 8. The average molecular weight is 577 g/mol. The highest BCUT2D eigenvalue weighted by molar-refractivity contribution is 7.90. The zero-order valence-electron chi connectivity index (χ0n) is 20.6. The number of hydrogen-bond acceptors (Lipinski definition) is 7. The lowest BCUT2D eigenvalue weighted by molar-refractivity contribution is -0.112. The number of aromatic nitrogens is 2. The molecular weight excluding hydrogens is 556 g/mol. The fourth-order valence-electron chi connectivity index (χ4n) is 4.05. The molecule has 2 aromatic heterocycles. The third-order valence-electron chi connectivity index (χ3n) is 5.92. The first-order valence-electron chi connectivity index (χ1n) is 11.7. The summed E-state index contributed by atoms with van der Waals surface area (Å²) in [6.07, 6.45) is 4.54. The largest absolute Gasteiger partial charge is 0.490 e. The van der Waals surface area contributed by atoms with Crippen molar-refractivity contribution in [2.75, 3.05) is 18.2 Å². The number of nitriles is 1. The van der Waals surface area contributed by atoms with Crippen molar-refractivity contribution in [3.05, 3.63) is 89.1 Å². The first-order valence-corrected chi connectivity index (χ1v) is 14.8. The van der Waals surface area contributed by atoms with Crippen LogP contribution in [0.5, 0.6) is 5.75 Å². The topological polar surface area (TPSA) is 114 Å². The van der Waals surface area contributed by atoms with Gasteiger partial charge in [0.05, 0.1) is 26.7 Å². The number of amides is 1. The number of carbonyl (C=O) groups excluding carboxylic acids is 1. The van der Waals surface area contributed by atoms with E-state index in [4.69, 9.17) is 16.3 Å². The quantitative estimate of drug-likeness (QED) is 0.181. The van der Waals surface area contributed by atoms with Crippen molar-refractivity contribution in [3.8, 4) is 11.8 Å². The molecule has 196 valence electrons. The predicted octanol–water partition coefficient (Wildman–Crippen LogP) is 5.93. The van der Waals surface area contributed by atoms with Crippen molar-refractivity contribution in [1.82, 2.24) is 9.55 Å². The normalized spacial score (nSPS) is 12.0. The van der Waals surface area contributed by atoms with E-state index in [-0.39, 0.29) is 15.6 Å². The summed E-state index contributed by atoms with van der Waals surface area (Å²) in [4.78, 5) is 17.5. The molecule has 0 bridgehead atoms. The molecule has 0 aliphatic heterocycles. The van der Waals surface area contributed by atoms with Gasteiger partial charge in [-0.25, -0.2) is 13.4 Å². The van der Waals surface area contributed by atoms with Crippen molar-refractivity contribution in [2.45, 2.75) is 11.4 Å². The van der Waals surface area contributed by atoms with E-state index in [0.717, 1.165) is 28.5 Å². The van der Waals surface area contributed by atoms with E-state index < -0.39 is 15.7 Å². The molecule has 5 aromatic rings. The minimum Gasteiger partial charge on any atom is -0.490 e. The molecule has 0 saturated heterocycles. The van der Waals surface area contributed by atoms with Crippen molar-refractivity contribution in [2.24, 2.45) is 0 Å². The van der Waals surface area contributed by atoms with E-state index in [9.17, 15) is 18.5 Å². The van der Waals surface area contributed by atoms with Gasteiger partial charge in [-0.05, 0) is 42.5 Å². The van der Waals surface area contributed by atoms with Gasteiger partial charge in [0.1, 0.15) is 24.0 Å². The number of thiazole rings is 1. The second-order valence-corrected chi connectivity index (χ2v) is 12.1. The van der Waals surface area contributed by atoms with Crippen LogP contribution in [-0.2, 0) is 21.2 Å². The molecule has 3 aromatic carbocycles. The molecule has 8 nitrogen and oxygen atoms in total. The van der Waals surface area contributed by atoms with Crippen LogP contribution in [0.2, 0.25) is 5.02 Å². The Balaban J connectivity index is 1.37. The van der Waals surface area contributed by atoms with Crippen LogP contribution < -0.4 is 10.1 Å². The Kier molecular flexibility index (Phi) is 7.39. The zero-order chi connectivity index (χ0) is 27.6. The van der Waals surface area contributed by atoms with Gasteiger partial charge in [-0.3, -0.25) is 10.1 Å². The molecule has 11 heteroatoms. The van der Waals surface area contributed by atoms with E-state index in [1.54, 1.807) is 18.2 Å². The van der Waals surface area contributed by atoms with E-state index in [1.807, 2.05) is 53.2 Å². The molecule has 2 heterocycles. The lowest BCUT2D eigenvalue weighted by atomic mass is 10.1. The summed E-state index contributed by atoms with van der Waals surface area (Å²) in [5, 5.41) is 14.1. The maximum atomic E-state index is 13.0. The second-order valence-electron chi connectivity index (χ2n) is 8.62. The van der Waals surface area contributed by atoms with Crippen LogP contribution in [-0.4, -0.2) is 36.7 Å². The third-order valence-corrected chi connectivity index (χ3v) is 8.28. The van der Waals surface area contributed by atoms with Crippen molar-refractivity contribution < 1.29 is 17.9 Å². The third kappa shape index (κ3) is 5.81. The number of anilines is 1. The molecule has 0 saturated carbocycles. The Morgan fingerprint density at radius 3 is 2.72 bits per heavy atom. The molecule has 0 aliphatic rings. The number of nitrogens with zero attached hydrogens (tertiary/aromatic N) is 3. The number of nitrogens with one attached hydrogen (secondary N) is 1. The Morgan fingerprint density at radius 1 is 1.18 bits per heavy atom. The average Bonchev–Trinajstić information content (AvgIpc) is 3.48. The van der Waals surface area contributed by atoms with Gasteiger partial charge in [-0.1, -0.05) is 53.3 Å². The molecule has 5 rings (SSSR count). The Hall–Kier alpha value is -4.17. The number of carbonyl (C=O) groups is 1. The molecule has 0 unspecified atom stereocenters. The lowest BCUT2D eigenvalue weighted by Crippen LogP contribution is -2.13. The van der Waals surface area contributed by atoms with Crippen LogP contribution in [0.15, 0.2) is 83.4 Å². The maximum Gasteiger partial charge on any atom is 0.268 e. The van der Waals surface area contributed by atoms with Crippen LogP contribution in [0.25, 0.3) is 27.2 Å². The zero-order valence-corrected chi connectivity index (χ0v) is 23.0. The lowest BCUT2D eigenvalue weighted by Gasteiger charge is -2.09. The van der Waals surface area contributed by atoms with E-state index in [0.29, 0.717) is 39.7 Å². The van der Waals surface area contributed by atoms with Crippen molar-refractivity contribution in [3.63, 3.8) is 0 Å². The number of fused-ring (bicyclic) bond motifs is 2. The molecule has 0 radical (unpaired) electrons. The van der Waals surface area contributed by atoms with E-state index in [1.165, 1.54) is 18.2 Å². The number of para-hydroxylation sites is 2. The second kappa shape index (κ2) is 10.9. The molecule has 0 atom stereocenters. The molecule has 1 amide bonds. The van der Waals surface area contributed by atoms with Crippen LogP contribution >= 0.6 is 22.9 Å². The fraction of sp³-hybridized carbons (Fsp3) is 0.107. The van der Waals surface area contributed by atoms with Gasteiger partial charge in [-0.15, -0.1) is 0 Å². The first-order chi connectivity index (χ1) is 18.7. The van der Waals surface area contributed by atoms with Crippen LogP contribution in [0, 0.1) is 11.3 Å². The summed E-state index contributed by atoms with van der Waals surface area (Å²) < 4.78 is 32.1. The summed E-state index contributed by atoms with van der Waals surface area (Å²) in [5.74, 6) is -0.0136. The van der Waals surface area contributed by atoms with E-state index in [2.05, 4.69) is 10.3 Å². The molecule has 39 heavy (non-hydrogen) atoms. The number of halogens is 1. The van der Waals surface area contributed by atoms with Gasteiger partial charge in [-0.2, -0.15) is 5.26 Å². The van der Waals surface area contributed by atoms with Gasteiger partial charge in [0, 0.05) is 28.9 Å². The molecule has 0 spiro atoms. The standard InChI is InChI=1S/C28H21ClN4O4S2/c1-39(35,36)20-10-11-23-26(15-20)38-28(31-23)32-27(34)18(16-30)14-19-17-33(24-8-4-2-6-21(19)24)12-13-37-25-9-5-3-7-22(25)29/h2-11,14-15,17H,12-13H2,1H3,(H,31,32,34)/b18-14+. The monoisotopic (exact) mass is 576 g/mol. The number of benzene rings is 3. The fourth-order valence-corrected chi connectivity index (χ4v) is 5.86. The highest BCUT2D eigenvalue weighted by Gasteiger charge is 2.16. The summed E-state index contributed by atoms with van der Waals surface area (Å²) in [6.45, 7) is 0.893. The Bertz CT molecular complexity index is 1900. The van der Waals surface area contributed by atoms with Crippen LogP contribution in [0.1, 0.15) is 5.56 Å². The summed E-state index contributed by atoms with van der Waals surface area (Å²) in [6, 6.07) is 21.5. The summed E-state index contributed by atoms with van der Waals surface area (Å²) in [7, 11) is -3.37. The van der Waals surface area contributed by atoms with Gasteiger partial charge < -0.3 is 9.30 Å². The molecule has 1 N–H and O–H groups in total. The Morgan fingerprint density at radius 2 is 1.95 bits per heavy atom. The van der Waals surface area contributed by atoms with Gasteiger partial charge in [0.15, 0.2) is 15.0 Å². The highest BCUT2D eigenvalue weighted by Crippen LogP contribution is 2.29. The smallest absolute Gasteiger partial charge is 0.268 e. The SMILES string of the molecule is CS(=O)(=O)c1ccc2nc(NC(=O)/C(C#N)=C/c3cn(CCOc4ccccc4Cl)c4ccccc34)sc2c1. The minimum atomic E-state index is -3.37. The summed E-state index contributed by atoms with van der Waals surface area (Å²) in [5.41, 5.74) is 2.09. The van der Waals surface area contributed by atoms with Crippen molar-refractivity contribution >= 4 is 71.0 Å². The number of sulfone groups is 1. The van der Waals surface area contributed by atoms with Crippen LogP contribution in [0.4, 0.5) is 5.13 Å². The van der Waals surface area contributed by atoms with Gasteiger partial charge in [0.2, 0.25) is 0 Å². The van der Waals surface area contributed by atoms with E-state index >= 15 is 0 Å². The first kappa shape index (κ1) is 26.4. The van der Waals surface area contributed by atoms with Gasteiger partial charge >= 0.3 is 0 Å².